The Kier molecular flexibility index (Phi) is 7.73. The number of furan rings is 1. The molecule has 4 rings (SSSR count). The number of sulfone groups is 1. The summed E-state index contributed by atoms with van der Waals surface area (Å²) in [5.74, 6) is 0.547. The van der Waals surface area contributed by atoms with E-state index in [-0.39, 0.29) is 5.69 Å². The van der Waals surface area contributed by atoms with E-state index in [0.717, 1.165) is 17.4 Å². The molecule has 4 aromatic rings. The number of anilines is 2. The second-order valence-corrected chi connectivity index (χ2v) is 11.2. The first-order valence-electron chi connectivity index (χ1n) is 11.9. The van der Waals surface area contributed by atoms with Crippen LogP contribution in [0.3, 0.4) is 0 Å². The number of amides is 1. The van der Waals surface area contributed by atoms with Gasteiger partial charge in [-0.15, -0.1) is 0 Å². The third-order valence-corrected chi connectivity index (χ3v) is 6.72. The van der Waals surface area contributed by atoms with Crippen molar-refractivity contribution in [1.29, 1.82) is 0 Å². The molecule has 1 amide bonds. The average Bonchev–Trinajstić information content (AvgIpc) is 3.36. The Morgan fingerprint density at radius 3 is 2.43 bits per heavy atom. The Morgan fingerprint density at radius 2 is 1.81 bits per heavy atom. The lowest BCUT2D eigenvalue weighted by Gasteiger charge is -2.26. The molecule has 1 N–H and O–H groups in total. The summed E-state index contributed by atoms with van der Waals surface area (Å²) in [7, 11) is -3.74. The first kappa shape index (κ1) is 26.1. The number of aryl methyl sites for hydroxylation is 1. The molecule has 2 aromatic heterocycles. The van der Waals surface area contributed by atoms with E-state index in [4.69, 9.17) is 4.42 Å². The lowest BCUT2D eigenvalue weighted by atomic mass is 10.0. The van der Waals surface area contributed by atoms with Crippen molar-refractivity contribution in [2.45, 2.75) is 44.9 Å². The molecular weight excluding hydrogens is 488 g/mol. The Balaban J connectivity index is 1.76. The summed E-state index contributed by atoms with van der Waals surface area (Å²) in [5, 5.41) is 2.43. The van der Waals surface area contributed by atoms with Gasteiger partial charge in [0.05, 0.1) is 24.7 Å². The monoisotopic (exact) mass is 518 g/mol. The third kappa shape index (κ3) is 6.62. The van der Waals surface area contributed by atoms with Crippen molar-refractivity contribution in [2.75, 3.05) is 16.5 Å². The van der Waals surface area contributed by atoms with Crippen LogP contribution in [0.1, 0.15) is 52.7 Å². The van der Waals surface area contributed by atoms with Gasteiger partial charge in [-0.25, -0.2) is 18.4 Å². The van der Waals surface area contributed by atoms with Crippen LogP contribution in [-0.4, -0.2) is 30.5 Å². The number of rotatable bonds is 9. The van der Waals surface area contributed by atoms with Gasteiger partial charge in [-0.05, 0) is 53.8 Å². The van der Waals surface area contributed by atoms with Gasteiger partial charge in [0.15, 0.2) is 5.69 Å². The Labute approximate surface area is 217 Å². The van der Waals surface area contributed by atoms with Crippen molar-refractivity contribution in [1.82, 2.24) is 9.97 Å². The van der Waals surface area contributed by atoms with Gasteiger partial charge < -0.3 is 14.6 Å². The van der Waals surface area contributed by atoms with E-state index in [9.17, 15) is 13.2 Å². The molecule has 0 bridgehead atoms. The average molecular weight is 519 g/mol. The van der Waals surface area contributed by atoms with Crippen molar-refractivity contribution < 1.29 is 17.6 Å². The van der Waals surface area contributed by atoms with Crippen LogP contribution in [0.25, 0.3) is 0 Å². The molecule has 0 atom stereocenters. The van der Waals surface area contributed by atoms with E-state index < -0.39 is 20.9 Å². The maximum absolute atomic E-state index is 13.5. The van der Waals surface area contributed by atoms with E-state index in [2.05, 4.69) is 41.3 Å². The number of carbonyl (C=O) groups excluding carboxylic acids is 1. The lowest BCUT2D eigenvalue weighted by molar-refractivity contribution is 0.102. The molecule has 0 saturated heterocycles. The number of aromatic nitrogens is 2. The topological polar surface area (TPSA) is 105 Å². The van der Waals surface area contributed by atoms with Gasteiger partial charge in [0.1, 0.15) is 5.76 Å². The van der Waals surface area contributed by atoms with Crippen molar-refractivity contribution in [3.05, 3.63) is 101 Å². The highest BCUT2D eigenvalue weighted by atomic mass is 32.2. The number of nitrogens with zero attached hydrogens (tertiary/aromatic N) is 3. The summed E-state index contributed by atoms with van der Waals surface area (Å²) < 4.78 is 30.1. The molecule has 37 heavy (non-hydrogen) atoms. The second kappa shape index (κ2) is 11.0. The molecular formula is C28H30N4O4S. The van der Waals surface area contributed by atoms with Crippen LogP contribution in [0.2, 0.25) is 0 Å². The Hall–Kier alpha value is -3.98. The van der Waals surface area contributed by atoms with Crippen molar-refractivity contribution in [3.8, 4) is 0 Å². The third-order valence-electron chi connectivity index (χ3n) is 5.86. The Bertz CT molecular complexity index is 1480. The minimum absolute atomic E-state index is 0.0395. The SMILES string of the molecule is Cc1cccc(NC(=O)c2nc(S(C)(=O)=O)ncc2N(Cc2ccc(C(C)C)cc2)Cc2ccco2)c1. The van der Waals surface area contributed by atoms with Crippen molar-refractivity contribution >= 4 is 27.1 Å². The Morgan fingerprint density at radius 1 is 1.05 bits per heavy atom. The highest BCUT2D eigenvalue weighted by Crippen LogP contribution is 2.26. The van der Waals surface area contributed by atoms with E-state index in [1.807, 2.05) is 48.2 Å². The summed E-state index contributed by atoms with van der Waals surface area (Å²) in [6, 6.07) is 19.2. The summed E-state index contributed by atoms with van der Waals surface area (Å²) in [4.78, 5) is 23.7. The van der Waals surface area contributed by atoms with Crippen LogP contribution in [0, 0.1) is 6.92 Å². The van der Waals surface area contributed by atoms with Gasteiger partial charge in [0.25, 0.3) is 5.91 Å². The quantitative estimate of drug-likeness (QED) is 0.297. The molecule has 2 heterocycles. The second-order valence-electron chi connectivity index (χ2n) is 9.31. The highest BCUT2D eigenvalue weighted by molar-refractivity contribution is 7.90. The molecule has 0 aliphatic heterocycles. The predicted molar refractivity (Wildman–Crippen MR) is 143 cm³/mol. The molecule has 0 spiro atoms. The minimum atomic E-state index is -3.74. The first-order chi connectivity index (χ1) is 17.6. The summed E-state index contributed by atoms with van der Waals surface area (Å²) in [6.07, 6.45) is 3.99. The van der Waals surface area contributed by atoms with Crippen LogP contribution in [-0.2, 0) is 22.9 Å². The fourth-order valence-corrected chi connectivity index (χ4v) is 4.40. The van der Waals surface area contributed by atoms with Gasteiger partial charge in [-0.1, -0.05) is 50.2 Å². The van der Waals surface area contributed by atoms with Crippen LogP contribution in [0.4, 0.5) is 11.4 Å². The molecule has 2 aromatic carbocycles. The highest BCUT2D eigenvalue weighted by Gasteiger charge is 2.24. The van der Waals surface area contributed by atoms with Gasteiger partial charge >= 0.3 is 0 Å². The number of hydrogen-bond acceptors (Lipinski definition) is 7. The maximum Gasteiger partial charge on any atom is 0.276 e. The zero-order valence-corrected chi connectivity index (χ0v) is 22.1. The summed E-state index contributed by atoms with van der Waals surface area (Å²) in [6.45, 7) is 6.94. The van der Waals surface area contributed by atoms with E-state index >= 15 is 0 Å². The minimum Gasteiger partial charge on any atom is -0.467 e. The number of carbonyl (C=O) groups is 1. The fraction of sp³-hybridized carbons (Fsp3) is 0.250. The maximum atomic E-state index is 13.5. The largest absolute Gasteiger partial charge is 0.467 e. The zero-order valence-electron chi connectivity index (χ0n) is 21.3. The van der Waals surface area contributed by atoms with E-state index in [0.29, 0.717) is 36.1 Å². The lowest BCUT2D eigenvalue weighted by Crippen LogP contribution is -2.27. The molecule has 8 nitrogen and oxygen atoms in total. The number of benzene rings is 2. The zero-order chi connectivity index (χ0) is 26.6. The standard InChI is InChI=1S/C28H30N4O4S/c1-19(2)22-12-10-21(11-13-22)17-32(18-24-9-6-14-36-24)25-16-29-28(37(4,34)35)31-26(25)27(33)30-23-8-5-7-20(3)15-23/h5-16,19H,17-18H2,1-4H3,(H,30,33). The molecule has 9 heteroatoms. The molecule has 0 aliphatic carbocycles. The smallest absolute Gasteiger partial charge is 0.276 e. The van der Waals surface area contributed by atoms with Crippen molar-refractivity contribution in [2.24, 2.45) is 0 Å². The fourth-order valence-electron chi connectivity index (χ4n) is 3.89. The molecule has 0 radical (unpaired) electrons. The summed E-state index contributed by atoms with van der Waals surface area (Å²) in [5.41, 5.74) is 4.14. The molecule has 0 unspecified atom stereocenters. The van der Waals surface area contributed by atoms with Crippen LogP contribution >= 0.6 is 0 Å². The molecule has 192 valence electrons. The van der Waals surface area contributed by atoms with Crippen LogP contribution < -0.4 is 10.2 Å². The van der Waals surface area contributed by atoms with Gasteiger partial charge in [-0.2, -0.15) is 0 Å². The van der Waals surface area contributed by atoms with E-state index in [1.54, 1.807) is 18.4 Å². The normalized spacial score (nSPS) is 11.5. The molecule has 0 saturated carbocycles. The first-order valence-corrected chi connectivity index (χ1v) is 13.8. The number of nitrogens with one attached hydrogen (secondary N) is 1. The van der Waals surface area contributed by atoms with E-state index in [1.165, 1.54) is 11.8 Å². The van der Waals surface area contributed by atoms with Crippen LogP contribution in [0.15, 0.2) is 82.7 Å². The summed E-state index contributed by atoms with van der Waals surface area (Å²) >= 11 is 0. The van der Waals surface area contributed by atoms with Gasteiger partial charge in [0.2, 0.25) is 15.0 Å². The molecule has 0 aliphatic rings. The number of hydrogen-bond donors (Lipinski definition) is 1. The predicted octanol–water partition coefficient (Wildman–Crippen LogP) is 5.36. The van der Waals surface area contributed by atoms with Crippen molar-refractivity contribution in [3.63, 3.8) is 0 Å². The molecule has 0 fully saturated rings. The van der Waals surface area contributed by atoms with Gasteiger partial charge in [-0.3, -0.25) is 4.79 Å². The van der Waals surface area contributed by atoms with Crippen LogP contribution in [0.5, 0.6) is 0 Å². The van der Waals surface area contributed by atoms with Gasteiger partial charge in [0, 0.05) is 18.5 Å².